The van der Waals surface area contributed by atoms with Crippen molar-refractivity contribution >= 4 is 5.91 Å². The monoisotopic (exact) mass is 230 g/mol. The maximum absolute atomic E-state index is 11.3. The van der Waals surface area contributed by atoms with E-state index in [1.807, 2.05) is 13.8 Å². The number of hydrogen-bond acceptors (Lipinski definition) is 3. The Morgan fingerprint density at radius 1 is 1.31 bits per heavy atom. The first-order valence-electron chi connectivity index (χ1n) is 5.95. The number of hydrogen-bond donors (Lipinski definition) is 3. The van der Waals surface area contributed by atoms with Gasteiger partial charge in [0.1, 0.15) is 0 Å². The topological polar surface area (TPSA) is 61.4 Å². The van der Waals surface area contributed by atoms with Gasteiger partial charge in [-0.1, -0.05) is 13.8 Å². The summed E-state index contributed by atoms with van der Waals surface area (Å²) in [5.74, 6) is 0.414. The van der Waals surface area contributed by atoms with Crippen LogP contribution < -0.4 is 10.6 Å². The normalized spacial score (nSPS) is 15.2. The van der Waals surface area contributed by atoms with Gasteiger partial charge in [-0.05, 0) is 33.1 Å². The lowest BCUT2D eigenvalue weighted by molar-refractivity contribution is -0.120. The molecule has 4 nitrogen and oxygen atoms in total. The second-order valence-corrected chi connectivity index (χ2v) is 5.42. The van der Waals surface area contributed by atoms with Crippen LogP contribution in [0.15, 0.2) is 0 Å². The minimum Gasteiger partial charge on any atom is -0.389 e. The summed E-state index contributed by atoms with van der Waals surface area (Å²) in [7, 11) is 0. The van der Waals surface area contributed by atoms with Gasteiger partial charge in [0.25, 0.3) is 0 Å². The SMILES string of the molecule is CC(C)CC(C)(O)CNCC(=O)NC(C)C. The Morgan fingerprint density at radius 3 is 2.31 bits per heavy atom. The van der Waals surface area contributed by atoms with E-state index in [0.29, 0.717) is 12.5 Å². The molecule has 1 unspecified atom stereocenters. The van der Waals surface area contributed by atoms with Crippen molar-refractivity contribution in [1.82, 2.24) is 10.6 Å². The molecule has 0 bridgehead atoms. The van der Waals surface area contributed by atoms with Crippen LogP contribution in [0.3, 0.4) is 0 Å². The van der Waals surface area contributed by atoms with E-state index < -0.39 is 5.60 Å². The third kappa shape index (κ3) is 8.68. The van der Waals surface area contributed by atoms with Gasteiger partial charge in [-0.15, -0.1) is 0 Å². The summed E-state index contributed by atoms with van der Waals surface area (Å²) in [6, 6.07) is 0.158. The Morgan fingerprint density at radius 2 is 1.88 bits per heavy atom. The van der Waals surface area contributed by atoms with Crippen molar-refractivity contribution in [3.05, 3.63) is 0 Å². The van der Waals surface area contributed by atoms with E-state index in [9.17, 15) is 9.90 Å². The number of carbonyl (C=O) groups excluding carboxylic acids is 1. The van der Waals surface area contributed by atoms with Crippen molar-refractivity contribution in [1.29, 1.82) is 0 Å². The molecule has 3 N–H and O–H groups in total. The number of aliphatic hydroxyl groups is 1. The zero-order valence-corrected chi connectivity index (χ0v) is 11.1. The molecule has 0 rings (SSSR count). The van der Waals surface area contributed by atoms with E-state index in [0.717, 1.165) is 6.42 Å². The highest BCUT2D eigenvalue weighted by Gasteiger charge is 2.21. The Kier molecular flexibility index (Phi) is 6.60. The van der Waals surface area contributed by atoms with Crippen molar-refractivity contribution in [2.75, 3.05) is 13.1 Å². The molecule has 4 heteroatoms. The summed E-state index contributed by atoms with van der Waals surface area (Å²) >= 11 is 0. The van der Waals surface area contributed by atoms with Crippen molar-refractivity contribution in [3.8, 4) is 0 Å². The largest absolute Gasteiger partial charge is 0.389 e. The zero-order valence-electron chi connectivity index (χ0n) is 11.1. The summed E-state index contributed by atoms with van der Waals surface area (Å²) < 4.78 is 0. The molecule has 1 atom stereocenters. The highest BCUT2D eigenvalue weighted by atomic mass is 16.3. The van der Waals surface area contributed by atoms with Gasteiger partial charge < -0.3 is 15.7 Å². The standard InChI is InChI=1S/C12H26N2O2/c1-9(2)6-12(5,16)8-13-7-11(15)14-10(3)4/h9-10,13,16H,6-8H2,1-5H3,(H,14,15). The zero-order chi connectivity index (χ0) is 12.8. The Bertz CT molecular complexity index is 213. The van der Waals surface area contributed by atoms with Crippen LogP contribution in [0, 0.1) is 5.92 Å². The van der Waals surface area contributed by atoms with Crippen LogP contribution in [0.25, 0.3) is 0 Å². The maximum atomic E-state index is 11.3. The van der Waals surface area contributed by atoms with Gasteiger partial charge in [0.15, 0.2) is 0 Å². The molecular weight excluding hydrogens is 204 g/mol. The first kappa shape index (κ1) is 15.4. The summed E-state index contributed by atoms with van der Waals surface area (Å²) in [5.41, 5.74) is -0.744. The predicted octanol–water partition coefficient (Wildman–Crippen LogP) is 0.898. The molecule has 0 aliphatic heterocycles. The molecule has 0 aromatic heterocycles. The number of rotatable bonds is 7. The molecule has 1 amide bonds. The molecule has 0 radical (unpaired) electrons. The smallest absolute Gasteiger partial charge is 0.234 e. The molecular formula is C12H26N2O2. The first-order valence-corrected chi connectivity index (χ1v) is 5.95. The van der Waals surface area contributed by atoms with Crippen molar-refractivity contribution in [2.24, 2.45) is 5.92 Å². The molecule has 0 spiro atoms. The highest BCUT2D eigenvalue weighted by molar-refractivity contribution is 5.78. The second-order valence-electron chi connectivity index (χ2n) is 5.42. The van der Waals surface area contributed by atoms with Gasteiger partial charge in [0.2, 0.25) is 5.91 Å². The molecule has 0 aromatic rings. The van der Waals surface area contributed by atoms with E-state index in [4.69, 9.17) is 0 Å². The summed E-state index contributed by atoms with van der Waals surface area (Å²) in [6.45, 7) is 10.5. The molecule has 0 aliphatic rings. The predicted molar refractivity (Wildman–Crippen MR) is 66.2 cm³/mol. The van der Waals surface area contributed by atoms with E-state index in [1.165, 1.54) is 0 Å². The van der Waals surface area contributed by atoms with Crippen LogP contribution >= 0.6 is 0 Å². The van der Waals surface area contributed by atoms with Gasteiger partial charge in [-0.2, -0.15) is 0 Å². The third-order valence-corrected chi connectivity index (χ3v) is 2.09. The quantitative estimate of drug-likeness (QED) is 0.609. The molecule has 0 aromatic carbocycles. The lowest BCUT2D eigenvalue weighted by atomic mass is 9.94. The second kappa shape index (κ2) is 6.86. The Labute approximate surface area is 98.8 Å². The third-order valence-electron chi connectivity index (χ3n) is 2.09. The summed E-state index contributed by atoms with van der Waals surface area (Å²) in [6.07, 6.45) is 0.728. The van der Waals surface area contributed by atoms with Crippen LogP contribution in [0.2, 0.25) is 0 Å². The van der Waals surface area contributed by atoms with Crippen molar-refractivity contribution < 1.29 is 9.90 Å². The van der Waals surface area contributed by atoms with E-state index in [1.54, 1.807) is 6.92 Å². The van der Waals surface area contributed by atoms with Gasteiger partial charge >= 0.3 is 0 Å². The van der Waals surface area contributed by atoms with Crippen LogP contribution in [0.4, 0.5) is 0 Å². The number of amides is 1. The number of nitrogens with one attached hydrogen (secondary N) is 2. The van der Waals surface area contributed by atoms with Crippen LogP contribution in [0.1, 0.15) is 41.0 Å². The Balaban J connectivity index is 3.76. The van der Waals surface area contributed by atoms with E-state index in [-0.39, 0.29) is 18.5 Å². The first-order chi connectivity index (χ1) is 7.23. The minimum atomic E-state index is -0.744. The highest BCUT2D eigenvalue weighted by Crippen LogP contribution is 2.14. The summed E-state index contributed by atoms with van der Waals surface area (Å²) in [4.78, 5) is 11.3. The summed E-state index contributed by atoms with van der Waals surface area (Å²) in [5, 5.41) is 15.7. The van der Waals surface area contributed by atoms with Crippen LogP contribution in [-0.2, 0) is 4.79 Å². The molecule has 0 aliphatic carbocycles. The molecule has 96 valence electrons. The van der Waals surface area contributed by atoms with Gasteiger partial charge in [0, 0.05) is 12.6 Å². The van der Waals surface area contributed by atoms with Crippen LogP contribution in [-0.4, -0.2) is 35.7 Å². The van der Waals surface area contributed by atoms with Crippen molar-refractivity contribution in [2.45, 2.75) is 52.7 Å². The van der Waals surface area contributed by atoms with E-state index >= 15 is 0 Å². The van der Waals surface area contributed by atoms with Crippen molar-refractivity contribution in [3.63, 3.8) is 0 Å². The van der Waals surface area contributed by atoms with Gasteiger partial charge in [-0.25, -0.2) is 0 Å². The minimum absolute atomic E-state index is 0.0321. The molecule has 0 saturated carbocycles. The van der Waals surface area contributed by atoms with E-state index in [2.05, 4.69) is 24.5 Å². The fourth-order valence-electron chi connectivity index (χ4n) is 1.77. The Hall–Kier alpha value is -0.610. The lowest BCUT2D eigenvalue weighted by Crippen LogP contribution is -2.44. The molecule has 0 fully saturated rings. The fraction of sp³-hybridized carbons (Fsp3) is 0.917. The van der Waals surface area contributed by atoms with Crippen LogP contribution in [0.5, 0.6) is 0 Å². The van der Waals surface area contributed by atoms with Gasteiger partial charge in [0.05, 0.1) is 12.1 Å². The average molecular weight is 230 g/mol. The fourth-order valence-corrected chi connectivity index (χ4v) is 1.77. The maximum Gasteiger partial charge on any atom is 0.234 e. The molecule has 16 heavy (non-hydrogen) atoms. The number of carbonyl (C=O) groups is 1. The molecule has 0 heterocycles. The average Bonchev–Trinajstić information content (AvgIpc) is 1.98. The lowest BCUT2D eigenvalue weighted by Gasteiger charge is -2.25. The molecule has 0 saturated heterocycles. The van der Waals surface area contributed by atoms with Gasteiger partial charge in [-0.3, -0.25) is 4.79 Å².